The fraction of sp³-hybridized carbons (Fsp3) is 0.579. The summed E-state index contributed by atoms with van der Waals surface area (Å²) in [5, 5.41) is 0. The highest BCUT2D eigenvalue weighted by atomic mass is 16.1. The molecule has 138 valence electrons. The Morgan fingerprint density at radius 1 is 1.27 bits per heavy atom. The molecule has 1 fully saturated rings. The summed E-state index contributed by atoms with van der Waals surface area (Å²) in [5.41, 5.74) is 7.39. The normalized spacial score (nSPS) is 22.7. The number of nitrogens with two attached hydrogens (primary N) is 1. The third-order valence-electron chi connectivity index (χ3n) is 5.64. The Bertz CT molecular complexity index is 900. The lowest BCUT2D eigenvalue weighted by atomic mass is 9.77. The summed E-state index contributed by atoms with van der Waals surface area (Å²) in [4.78, 5) is 31.3. The van der Waals surface area contributed by atoms with Crippen LogP contribution in [0.3, 0.4) is 0 Å². The number of aromatic nitrogens is 4. The van der Waals surface area contributed by atoms with Crippen LogP contribution in [0.4, 0.5) is 11.8 Å². The number of aromatic amines is 1. The van der Waals surface area contributed by atoms with Crippen LogP contribution >= 0.6 is 0 Å². The van der Waals surface area contributed by atoms with Crippen molar-refractivity contribution < 1.29 is 0 Å². The summed E-state index contributed by atoms with van der Waals surface area (Å²) >= 11 is 0. The van der Waals surface area contributed by atoms with Crippen molar-refractivity contribution >= 4 is 11.8 Å². The van der Waals surface area contributed by atoms with Crippen molar-refractivity contribution in [2.75, 3.05) is 23.7 Å². The van der Waals surface area contributed by atoms with Crippen molar-refractivity contribution in [2.45, 2.75) is 57.3 Å². The number of hydrogen-bond acceptors (Lipinski definition) is 6. The molecule has 1 unspecified atom stereocenters. The SMILES string of the molecule is CC(C)(C)c1nc2c(c(=O)[nH]1)CCC21CCCN(c2ccnc(N)n2)C1. The number of H-pyrrole nitrogens is 1. The lowest BCUT2D eigenvalue weighted by Crippen LogP contribution is -2.46. The van der Waals surface area contributed by atoms with Crippen LogP contribution in [0.15, 0.2) is 17.1 Å². The van der Waals surface area contributed by atoms with Gasteiger partial charge in [-0.15, -0.1) is 0 Å². The molecule has 0 bridgehead atoms. The Kier molecular flexibility index (Phi) is 3.78. The highest BCUT2D eigenvalue weighted by Crippen LogP contribution is 2.44. The third kappa shape index (κ3) is 2.75. The van der Waals surface area contributed by atoms with Crippen LogP contribution in [0.25, 0.3) is 0 Å². The number of fused-ring (bicyclic) bond motifs is 2. The van der Waals surface area contributed by atoms with Gasteiger partial charge in [0.15, 0.2) is 0 Å². The molecule has 7 nitrogen and oxygen atoms in total. The zero-order valence-corrected chi connectivity index (χ0v) is 15.7. The Morgan fingerprint density at radius 3 is 2.81 bits per heavy atom. The van der Waals surface area contributed by atoms with Crippen molar-refractivity contribution in [3.63, 3.8) is 0 Å². The predicted octanol–water partition coefficient (Wildman–Crippen LogP) is 1.92. The van der Waals surface area contributed by atoms with Crippen LogP contribution in [0, 0.1) is 0 Å². The van der Waals surface area contributed by atoms with Crippen LogP contribution in [-0.2, 0) is 17.3 Å². The maximum atomic E-state index is 12.7. The van der Waals surface area contributed by atoms with Crippen LogP contribution < -0.4 is 16.2 Å². The first-order chi connectivity index (χ1) is 12.3. The van der Waals surface area contributed by atoms with Gasteiger partial charge in [-0.3, -0.25) is 4.79 Å². The lowest BCUT2D eigenvalue weighted by molar-refractivity contribution is 0.331. The molecule has 26 heavy (non-hydrogen) atoms. The first-order valence-electron chi connectivity index (χ1n) is 9.26. The van der Waals surface area contributed by atoms with Gasteiger partial charge in [-0.2, -0.15) is 4.98 Å². The first kappa shape index (κ1) is 17.0. The number of anilines is 2. The number of nitrogens with zero attached hydrogens (tertiary/aromatic N) is 4. The molecular formula is C19H26N6O. The second-order valence-corrected chi connectivity index (χ2v) is 8.57. The Balaban J connectivity index is 1.75. The Labute approximate surface area is 153 Å². The largest absolute Gasteiger partial charge is 0.368 e. The molecule has 1 aliphatic heterocycles. The van der Waals surface area contributed by atoms with E-state index < -0.39 is 0 Å². The monoisotopic (exact) mass is 354 g/mol. The molecule has 3 heterocycles. The molecule has 3 N–H and O–H groups in total. The molecule has 4 rings (SSSR count). The van der Waals surface area contributed by atoms with E-state index in [0.717, 1.165) is 61.7 Å². The van der Waals surface area contributed by atoms with Gasteiger partial charge in [0.1, 0.15) is 11.6 Å². The third-order valence-corrected chi connectivity index (χ3v) is 5.64. The fourth-order valence-electron chi connectivity index (χ4n) is 4.27. The first-order valence-corrected chi connectivity index (χ1v) is 9.26. The minimum absolute atomic E-state index is 0.0280. The fourth-order valence-corrected chi connectivity index (χ4v) is 4.27. The molecule has 2 aliphatic rings. The predicted molar refractivity (Wildman–Crippen MR) is 101 cm³/mol. The van der Waals surface area contributed by atoms with Gasteiger partial charge in [-0.05, 0) is 31.7 Å². The summed E-state index contributed by atoms with van der Waals surface area (Å²) in [6.45, 7) is 7.99. The van der Waals surface area contributed by atoms with E-state index in [0.29, 0.717) is 5.95 Å². The molecule has 7 heteroatoms. The van der Waals surface area contributed by atoms with Crippen LogP contribution in [0.2, 0.25) is 0 Å². The highest BCUT2D eigenvalue weighted by molar-refractivity contribution is 5.45. The van der Waals surface area contributed by atoms with Crippen molar-refractivity contribution in [3.05, 3.63) is 39.7 Å². The van der Waals surface area contributed by atoms with Crippen molar-refractivity contribution in [1.29, 1.82) is 0 Å². The molecule has 0 saturated carbocycles. The maximum Gasteiger partial charge on any atom is 0.254 e. The average Bonchev–Trinajstić information content (AvgIpc) is 2.93. The van der Waals surface area contributed by atoms with Gasteiger partial charge in [0.05, 0.1) is 5.69 Å². The summed E-state index contributed by atoms with van der Waals surface area (Å²) < 4.78 is 0. The summed E-state index contributed by atoms with van der Waals surface area (Å²) in [6, 6.07) is 1.90. The van der Waals surface area contributed by atoms with E-state index in [9.17, 15) is 4.79 Å². The van der Waals surface area contributed by atoms with Crippen LogP contribution in [-0.4, -0.2) is 33.0 Å². The topological polar surface area (TPSA) is 101 Å². The van der Waals surface area contributed by atoms with E-state index >= 15 is 0 Å². The molecule has 1 aliphatic carbocycles. The van der Waals surface area contributed by atoms with Gasteiger partial charge >= 0.3 is 0 Å². The van der Waals surface area contributed by atoms with Gasteiger partial charge in [0, 0.05) is 35.7 Å². The minimum Gasteiger partial charge on any atom is -0.368 e. The molecule has 1 atom stereocenters. The number of piperidine rings is 1. The molecule has 1 saturated heterocycles. The van der Waals surface area contributed by atoms with Gasteiger partial charge in [0.25, 0.3) is 5.56 Å². The molecule has 0 aromatic carbocycles. The molecule has 1 spiro atoms. The zero-order valence-electron chi connectivity index (χ0n) is 15.7. The van der Waals surface area contributed by atoms with Crippen LogP contribution in [0.5, 0.6) is 0 Å². The smallest absolute Gasteiger partial charge is 0.254 e. The maximum absolute atomic E-state index is 12.7. The van der Waals surface area contributed by atoms with E-state index in [4.69, 9.17) is 10.7 Å². The number of nitrogens with one attached hydrogen (secondary N) is 1. The van der Waals surface area contributed by atoms with Gasteiger partial charge in [0.2, 0.25) is 5.95 Å². The minimum atomic E-state index is -0.187. The van der Waals surface area contributed by atoms with E-state index in [1.165, 1.54) is 0 Å². The van der Waals surface area contributed by atoms with Crippen LogP contribution in [0.1, 0.15) is 57.1 Å². The summed E-state index contributed by atoms with van der Waals surface area (Å²) in [7, 11) is 0. The average molecular weight is 354 g/mol. The van der Waals surface area contributed by atoms with E-state index in [2.05, 4.69) is 40.6 Å². The summed E-state index contributed by atoms with van der Waals surface area (Å²) in [5.74, 6) is 1.91. The Morgan fingerprint density at radius 2 is 2.08 bits per heavy atom. The molecule has 0 radical (unpaired) electrons. The number of hydrogen-bond donors (Lipinski definition) is 2. The Hall–Kier alpha value is -2.44. The molecule has 2 aromatic rings. The zero-order chi connectivity index (χ0) is 18.5. The number of nitrogen functional groups attached to an aromatic ring is 1. The molecule has 0 amide bonds. The quantitative estimate of drug-likeness (QED) is 0.811. The van der Waals surface area contributed by atoms with E-state index in [1.54, 1.807) is 6.20 Å². The second kappa shape index (κ2) is 5.79. The van der Waals surface area contributed by atoms with E-state index in [1.807, 2.05) is 6.07 Å². The molecular weight excluding hydrogens is 328 g/mol. The lowest BCUT2D eigenvalue weighted by Gasteiger charge is -2.41. The van der Waals surface area contributed by atoms with Gasteiger partial charge in [-0.25, -0.2) is 9.97 Å². The van der Waals surface area contributed by atoms with E-state index in [-0.39, 0.29) is 16.4 Å². The van der Waals surface area contributed by atoms with Gasteiger partial charge < -0.3 is 15.6 Å². The van der Waals surface area contributed by atoms with Crippen molar-refractivity contribution in [2.24, 2.45) is 0 Å². The standard InChI is InChI=1S/C19H26N6O/c1-18(2,3)16-23-14-12(15(26)24-16)5-8-19(14)7-4-10-25(11-19)13-6-9-21-17(20)22-13/h6,9H,4-5,7-8,10-11H2,1-3H3,(H2,20,21,22)(H,23,24,26). The summed E-state index contributed by atoms with van der Waals surface area (Å²) in [6.07, 6.45) is 5.55. The van der Waals surface area contributed by atoms with Gasteiger partial charge in [-0.1, -0.05) is 20.8 Å². The van der Waals surface area contributed by atoms with Crippen molar-refractivity contribution in [1.82, 2.24) is 19.9 Å². The molecule has 2 aromatic heterocycles. The second-order valence-electron chi connectivity index (χ2n) is 8.57. The highest BCUT2D eigenvalue weighted by Gasteiger charge is 2.45. The number of rotatable bonds is 1. The van der Waals surface area contributed by atoms with Crippen molar-refractivity contribution in [3.8, 4) is 0 Å².